The summed E-state index contributed by atoms with van der Waals surface area (Å²) in [5, 5.41) is 0. The minimum Gasteiger partial charge on any atom is -0.0695 e. The Balaban J connectivity index is 1.29. The summed E-state index contributed by atoms with van der Waals surface area (Å²) in [6.45, 7) is 26.5. The summed E-state index contributed by atoms with van der Waals surface area (Å²) in [4.78, 5) is 0. The van der Waals surface area contributed by atoms with E-state index in [1.165, 1.54) is 73.6 Å². The van der Waals surface area contributed by atoms with Crippen molar-refractivity contribution in [1.29, 1.82) is 0 Å². The fourth-order valence-electron chi connectivity index (χ4n) is 10.8. The van der Waals surface area contributed by atoms with Crippen molar-refractivity contribution < 1.29 is 0 Å². The molecule has 8 rings (SSSR count). The molecule has 1 radical (unpaired) electrons. The molecule has 0 heterocycles. The molecule has 0 aromatic heterocycles. The highest BCUT2D eigenvalue weighted by Gasteiger charge is 2.43. The van der Waals surface area contributed by atoms with E-state index < -0.39 is 8.80 Å². The first-order valence-electron chi connectivity index (χ1n) is 21.4. The molecule has 2 unspecified atom stereocenters. The van der Waals surface area contributed by atoms with Gasteiger partial charge in [-0.25, -0.2) is 0 Å². The maximum atomic E-state index is 2.74. The Morgan fingerprint density at radius 2 is 0.926 bits per heavy atom. The molecule has 2 atom stereocenters. The number of benzene rings is 4. The second-order valence-corrected chi connectivity index (χ2v) is 23.0. The molecule has 4 aromatic carbocycles. The molecular weight excluding hydrogens is 665 g/mol. The van der Waals surface area contributed by atoms with Crippen LogP contribution in [0.5, 0.6) is 0 Å². The van der Waals surface area contributed by atoms with Crippen LogP contribution in [0.3, 0.4) is 0 Å². The number of hydrogen-bond donors (Lipinski definition) is 0. The quantitative estimate of drug-likeness (QED) is 0.158. The molecular formula is C53H65Si. The Bertz CT molecular complexity index is 1980. The van der Waals surface area contributed by atoms with Gasteiger partial charge in [0.2, 0.25) is 0 Å². The third-order valence-electron chi connectivity index (χ3n) is 13.2. The highest BCUT2D eigenvalue weighted by atomic mass is 28.3. The molecule has 4 aromatic rings. The van der Waals surface area contributed by atoms with Gasteiger partial charge in [0, 0.05) is 0 Å². The van der Waals surface area contributed by atoms with Gasteiger partial charge in [0.05, 0.1) is 8.80 Å². The van der Waals surface area contributed by atoms with Gasteiger partial charge in [0.25, 0.3) is 0 Å². The van der Waals surface area contributed by atoms with E-state index in [-0.39, 0.29) is 10.8 Å². The molecule has 0 bridgehead atoms. The van der Waals surface area contributed by atoms with E-state index in [1.54, 1.807) is 66.8 Å². The third-order valence-corrected chi connectivity index (χ3v) is 16.4. The van der Waals surface area contributed by atoms with Gasteiger partial charge in [-0.3, -0.25) is 0 Å². The Morgan fingerprint density at radius 1 is 0.556 bits per heavy atom. The molecule has 4 aliphatic carbocycles. The smallest absolute Gasteiger partial charge is 0.0695 e. The molecule has 0 saturated heterocycles. The molecule has 0 N–H and O–H groups in total. The van der Waals surface area contributed by atoms with Crippen LogP contribution < -0.4 is 0 Å². The summed E-state index contributed by atoms with van der Waals surface area (Å²) in [7, 11) is -0.973. The van der Waals surface area contributed by atoms with Gasteiger partial charge < -0.3 is 0 Å². The van der Waals surface area contributed by atoms with Crippen LogP contribution in [0.25, 0.3) is 34.4 Å². The zero-order valence-electron chi connectivity index (χ0n) is 35.4. The van der Waals surface area contributed by atoms with E-state index in [0.29, 0.717) is 22.9 Å². The van der Waals surface area contributed by atoms with E-state index in [9.17, 15) is 0 Å². The predicted molar refractivity (Wildman–Crippen MR) is 237 cm³/mol. The first-order chi connectivity index (χ1) is 25.6. The second-order valence-electron chi connectivity index (χ2n) is 20.4. The van der Waals surface area contributed by atoms with Gasteiger partial charge in [0.1, 0.15) is 0 Å². The SMILES string of the molecule is CC(C)CC1=Cc2c(cc3c(c2-c2ccc(C(C)(C)C)cc2)CCC3)C1[Si](C)C1C(CC(C)C)=Cc2c1cc1c(c2-c2ccc(C(C)(C)C)cc2)CCC1. The van der Waals surface area contributed by atoms with Crippen molar-refractivity contribution in [2.75, 3.05) is 0 Å². The number of allylic oxidation sites excluding steroid dienone is 2. The van der Waals surface area contributed by atoms with E-state index in [4.69, 9.17) is 0 Å². The largest absolute Gasteiger partial charge is 0.0718 e. The first kappa shape index (κ1) is 37.5. The Kier molecular flexibility index (Phi) is 9.69. The van der Waals surface area contributed by atoms with E-state index in [0.717, 1.165) is 0 Å². The standard InChI is InChI=1S/C53H65Si/c1-32(2)26-38-30-44-46(28-36-14-12-16-42(36)48(44)34-18-22-40(23-19-34)52(5,6)7)50(38)54(11)51-39(27-33(3)4)31-45-47(51)29-37-15-13-17-43(37)49(45)35-20-24-41(25-21-35)53(8,9)10/h18-25,28-33,50-51H,12-17,26-27H2,1-11H3. The van der Waals surface area contributed by atoms with Crippen LogP contribution in [0.15, 0.2) is 71.8 Å². The van der Waals surface area contributed by atoms with E-state index >= 15 is 0 Å². The van der Waals surface area contributed by atoms with Crippen molar-refractivity contribution in [3.05, 3.63) is 127 Å². The van der Waals surface area contributed by atoms with Gasteiger partial charge in [-0.05, 0) is 163 Å². The molecule has 4 aliphatic rings. The number of aryl methyl sites for hydroxylation is 2. The minimum absolute atomic E-state index is 0.155. The number of fused-ring (bicyclic) bond motifs is 4. The molecule has 0 amide bonds. The maximum absolute atomic E-state index is 2.74. The topological polar surface area (TPSA) is 0 Å². The Morgan fingerprint density at radius 3 is 1.26 bits per heavy atom. The minimum atomic E-state index is -0.973. The lowest BCUT2D eigenvalue weighted by Crippen LogP contribution is -2.30. The van der Waals surface area contributed by atoms with Crippen molar-refractivity contribution in [3.8, 4) is 22.3 Å². The van der Waals surface area contributed by atoms with Crippen molar-refractivity contribution in [2.45, 2.75) is 149 Å². The van der Waals surface area contributed by atoms with Crippen molar-refractivity contribution in [2.24, 2.45) is 11.8 Å². The van der Waals surface area contributed by atoms with Crippen LogP contribution >= 0.6 is 0 Å². The summed E-state index contributed by atoms with van der Waals surface area (Å²) < 4.78 is 0. The summed E-state index contributed by atoms with van der Waals surface area (Å²) in [6, 6.07) is 24.8. The van der Waals surface area contributed by atoms with Gasteiger partial charge in [-0.2, -0.15) is 0 Å². The molecule has 0 aliphatic heterocycles. The van der Waals surface area contributed by atoms with E-state index in [2.05, 4.69) is 149 Å². The lowest BCUT2D eigenvalue weighted by atomic mass is 9.84. The van der Waals surface area contributed by atoms with Crippen molar-refractivity contribution >= 4 is 20.9 Å². The van der Waals surface area contributed by atoms with Crippen LogP contribution in [0.1, 0.15) is 162 Å². The predicted octanol–water partition coefficient (Wildman–Crippen LogP) is 14.5. The summed E-state index contributed by atoms with van der Waals surface area (Å²) >= 11 is 0. The second kappa shape index (κ2) is 13.9. The van der Waals surface area contributed by atoms with Crippen LogP contribution in [0, 0.1) is 11.8 Å². The van der Waals surface area contributed by atoms with Gasteiger partial charge in [-0.15, -0.1) is 0 Å². The van der Waals surface area contributed by atoms with E-state index in [1.807, 2.05) is 0 Å². The Labute approximate surface area is 330 Å². The Hall–Kier alpha value is -3.42. The van der Waals surface area contributed by atoms with Crippen LogP contribution in [-0.2, 0) is 36.5 Å². The lowest BCUT2D eigenvalue weighted by molar-refractivity contribution is 0.590. The van der Waals surface area contributed by atoms with Crippen molar-refractivity contribution in [3.63, 3.8) is 0 Å². The average molecular weight is 730 g/mol. The van der Waals surface area contributed by atoms with Gasteiger partial charge >= 0.3 is 0 Å². The fourth-order valence-corrected chi connectivity index (χ4v) is 14.1. The van der Waals surface area contributed by atoms with Crippen LogP contribution in [0.2, 0.25) is 6.55 Å². The third kappa shape index (κ3) is 6.65. The molecule has 54 heavy (non-hydrogen) atoms. The van der Waals surface area contributed by atoms with Gasteiger partial charge in [0.15, 0.2) is 0 Å². The van der Waals surface area contributed by atoms with Crippen molar-refractivity contribution in [1.82, 2.24) is 0 Å². The molecule has 0 fully saturated rings. The van der Waals surface area contributed by atoms with Gasteiger partial charge in [-0.1, -0.05) is 160 Å². The average Bonchev–Trinajstić information content (AvgIpc) is 3.90. The molecule has 0 saturated carbocycles. The highest BCUT2D eigenvalue weighted by Crippen LogP contribution is 2.55. The maximum Gasteiger partial charge on any atom is 0.0718 e. The molecule has 281 valence electrons. The monoisotopic (exact) mass is 729 g/mol. The molecule has 0 spiro atoms. The summed E-state index contributed by atoms with van der Waals surface area (Å²) in [5.41, 5.74) is 26.6. The van der Waals surface area contributed by atoms with Crippen LogP contribution in [-0.4, -0.2) is 8.80 Å². The zero-order valence-corrected chi connectivity index (χ0v) is 36.4. The molecule has 0 nitrogen and oxygen atoms in total. The number of hydrogen-bond acceptors (Lipinski definition) is 0. The number of rotatable bonds is 8. The molecule has 1 heteroatoms. The van der Waals surface area contributed by atoms with Crippen LogP contribution in [0.4, 0.5) is 0 Å². The summed E-state index contributed by atoms with van der Waals surface area (Å²) in [6.07, 6.45) is 15.2. The highest BCUT2D eigenvalue weighted by molar-refractivity contribution is 6.63. The first-order valence-corrected chi connectivity index (χ1v) is 23.6. The zero-order chi connectivity index (χ0) is 38.3. The normalized spacial score (nSPS) is 19.1. The lowest BCUT2D eigenvalue weighted by Gasteiger charge is -2.32. The fraction of sp³-hybridized carbons (Fsp3) is 0.472. The summed E-state index contributed by atoms with van der Waals surface area (Å²) in [5.74, 6) is 1.27.